The Hall–Kier alpha value is -1.94. The van der Waals surface area contributed by atoms with Gasteiger partial charge in [-0.05, 0) is 23.1 Å². The molecule has 0 heterocycles. The Kier molecular flexibility index (Phi) is 5.00. The van der Waals surface area contributed by atoms with Crippen LogP contribution >= 0.6 is 9.24 Å². The standard InChI is InChI=1S/C17H16F4NOP/c1-17(2,3)8-5-4-6-9(7-8)22-16(23)10-11(18)13(20)15(24)14(21)12(10)19/h4-7H,24H2,1-3H3,(H,22,23). The van der Waals surface area contributed by atoms with Crippen LogP contribution in [0, 0.1) is 23.3 Å². The van der Waals surface area contributed by atoms with Gasteiger partial charge >= 0.3 is 0 Å². The zero-order valence-corrected chi connectivity index (χ0v) is 14.5. The molecule has 2 nitrogen and oxygen atoms in total. The van der Waals surface area contributed by atoms with Crippen LogP contribution < -0.4 is 10.6 Å². The van der Waals surface area contributed by atoms with Gasteiger partial charge in [0, 0.05) is 11.0 Å². The van der Waals surface area contributed by atoms with Crippen LogP contribution in [0.3, 0.4) is 0 Å². The van der Waals surface area contributed by atoms with Crippen LogP contribution in [-0.4, -0.2) is 5.91 Å². The molecule has 1 unspecified atom stereocenters. The first kappa shape index (κ1) is 18.4. The van der Waals surface area contributed by atoms with E-state index >= 15 is 0 Å². The van der Waals surface area contributed by atoms with E-state index in [-0.39, 0.29) is 11.1 Å². The van der Waals surface area contributed by atoms with Crippen molar-refractivity contribution < 1.29 is 22.4 Å². The molecule has 0 fully saturated rings. The largest absolute Gasteiger partial charge is 0.322 e. The molecule has 0 aliphatic heterocycles. The molecule has 0 radical (unpaired) electrons. The van der Waals surface area contributed by atoms with E-state index < -0.39 is 40.0 Å². The van der Waals surface area contributed by atoms with Crippen molar-refractivity contribution >= 4 is 26.1 Å². The van der Waals surface area contributed by atoms with Gasteiger partial charge in [0.1, 0.15) is 5.56 Å². The SMILES string of the molecule is CC(C)(C)c1cccc(NC(=O)c2c(F)c(F)c(P)c(F)c2F)c1. The third-order valence-electron chi connectivity index (χ3n) is 3.51. The summed E-state index contributed by atoms with van der Waals surface area (Å²) in [6, 6.07) is 6.64. The fraction of sp³-hybridized carbons (Fsp3) is 0.235. The Morgan fingerprint density at radius 2 is 1.54 bits per heavy atom. The number of benzene rings is 2. The topological polar surface area (TPSA) is 29.1 Å². The van der Waals surface area contributed by atoms with Crippen molar-refractivity contribution in [2.75, 3.05) is 5.32 Å². The lowest BCUT2D eigenvalue weighted by atomic mass is 9.87. The molecule has 2 aromatic carbocycles. The van der Waals surface area contributed by atoms with E-state index in [1.807, 2.05) is 26.8 Å². The minimum atomic E-state index is -1.73. The molecule has 1 N–H and O–H groups in total. The van der Waals surface area contributed by atoms with Gasteiger partial charge in [-0.2, -0.15) is 0 Å². The molecule has 24 heavy (non-hydrogen) atoms. The molecule has 0 bridgehead atoms. The maximum atomic E-state index is 13.9. The molecule has 0 aliphatic carbocycles. The predicted molar refractivity (Wildman–Crippen MR) is 88.7 cm³/mol. The van der Waals surface area contributed by atoms with Gasteiger partial charge in [-0.1, -0.05) is 42.1 Å². The zero-order valence-electron chi connectivity index (χ0n) is 13.3. The third kappa shape index (κ3) is 3.44. The molecule has 2 rings (SSSR count). The van der Waals surface area contributed by atoms with Gasteiger partial charge in [-0.25, -0.2) is 17.6 Å². The molecule has 128 valence electrons. The smallest absolute Gasteiger partial charge is 0.261 e. The van der Waals surface area contributed by atoms with E-state index in [4.69, 9.17) is 0 Å². The number of nitrogens with one attached hydrogen (secondary N) is 1. The molecular formula is C17H16F4NOP. The van der Waals surface area contributed by atoms with Gasteiger partial charge in [-0.15, -0.1) is 0 Å². The number of carbonyl (C=O) groups excluding carboxylic acids is 1. The zero-order chi connectivity index (χ0) is 18.2. The first-order chi connectivity index (χ1) is 11.0. The van der Waals surface area contributed by atoms with Gasteiger partial charge in [0.15, 0.2) is 23.3 Å². The van der Waals surface area contributed by atoms with Crippen molar-refractivity contribution in [3.05, 3.63) is 58.7 Å². The lowest BCUT2D eigenvalue weighted by molar-refractivity contribution is 0.101. The predicted octanol–water partition coefficient (Wildman–Crippen LogP) is 4.29. The molecule has 2 aromatic rings. The second-order valence-corrected chi connectivity index (χ2v) is 6.91. The minimum absolute atomic E-state index is 0.212. The van der Waals surface area contributed by atoms with Crippen molar-refractivity contribution in [3.63, 3.8) is 0 Å². The minimum Gasteiger partial charge on any atom is -0.322 e. The summed E-state index contributed by atoms with van der Waals surface area (Å²) in [4.78, 5) is 12.1. The lowest BCUT2D eigenvalue weighted by Gasteiger charge is -2.20. The summed E-state index contributed by atoms with van der Waals surface area (Å²) < 4.78 is 54.9. The summed E-state index contributed by atoms with van der Waals surface area (Å²) in [5.74, 6) is -7.97. The number of hydrogen-bond acceptors (Lipinski definition) is 1. The first-order valence-corrected chi connectivity index (χ1v) is 7.65. The van der Waals surface area contributed by atoms with Gasteiger partial charge in [0.25, 0.3) is 5.91 Å². The highest BCUT2D eigenvalue weighted by atomic mass is 31.0. The average Bonchev–Trinajstić information content (AvgIpc) is 2.50. The van der Waals surface area contributed by atoms with E-state index in [1.165, 1.54) is 6.07 Å². The summed E-state index contributed by atoms with van der Waals surface area (Å²) in [5.41, 5.74) is -0.366. The quantitative estimate of drug-likeness (QED) is 0.485. The number of amides is 1. The summed E-state index contributed by atoms with van der Waals surface area (Å²) in [6.07, 6.45) is 0. The second kappa shape index (κ2) is 6.52. The summed E-state index contributed by atoms with van der Waals surface area (Å²) in [6.45, 7) is 5.86. The van der Waals surface area contributed by atoms with Gasteiger partial charge in [-0.3, -0.25) is 4.79 Å². The second-order valence-electron chi connectivity index (χ2n) is 6.33. The molecular weight excluding hydrogens is 341 g/mol. The Balaban J connectivity index is 2.42. The Morgan fingerprint density at radius 3 is 2.04 bits per heavy atom. The van der Waals surface area contributed by atoms with Gasteiger partial charge < -0.3 is 5.32 Å². The van der Waals surface area contributed by atoms with Crippen molar-refractivity contribution in [2.24, 2.45) is 0 Å². The van der Waals surface area contributed by atoms with Crippen molar-refractivity contribution in [1.29, 1.82) is 0 Å². The number of hydrogen-bond donors (Lipinski definition) is 1. The molecule has 0 aromatic heterocycles. The summed E-state index contributed by atoms with van der Waals surface area (Å²) >= 11 is 0. The molecule has 0 saturated heterocycles. The maximum absolute atomic E-state index is 13.9. The van der Waals surface area contributed by atoms with Gasteiger partial charge in [0.05, 0.1) is 0 Å². The van der Waals surface area contributed by atoms with E-state index in [1.54, 1.807) is 21.4 Å². The highest BCUT2D eigenvalue weighted by Gasteiger charge is 2.28. The van der Waals surface area contributed by atoms with Crippen LogP contribution in [0.2, 0.25) is 0 Å². The first-order valence-electron chi connectivity index (χ1n) is 7.07. The molecule has 0 saturated carbocycles. The Labute approximate surface area is 139 Å². The summed E-state index contributed by atoms with van der Waals surface area (Å²) in [7, 11) is 1.56. The van der Waals surface area contributed by atoms with Crippen molar-refractivity contribution in [1.82, 2.24) is 0 Å². The van der Waals surface area contributed by atoms with Crippen LogP contribution in [-0.2, 0) is 5.41 Å². The van der Waals surface area contributed by atoms with Crippen LogP contribution in [0.25, 0.3) is 0 Å². The van der Waals surface area contributed by atoms with E-state index in [2.05, 4.69) is 5.32 Å². The van der Waals surface area contributed by atoms with Crippen LogP contribution in [0.5, 0.6) is 0 Å². The number of rotatable bonds is 2. The fourth-order valence-electron chi connectivity index (χ4n) is 2.11. The third-order valence-corrected chi connectivity index (χ3v) is 4.02. The highest BCUT2D eigenvalue weighted by molar-refractivity contribution is 7.27. The van der Waals surface area contributed by atoms with E-state index in [9.17, 15) is 22.4 Å². The maximum Gasteiger partial charge on any atom is 0.261 e. The van der Waals surface area contributed by atoms with Crippen molar-refractivity contribution in [2.45, 2.75) is 26.2 Å². The molecule has 0 aliphatic rings. The fourth-order valence-corrected chi connectivity index (χ4v) is 2.36. The average molecular weight is 357 g/mol. The van der Waals surface area contributed by atoms with Crippen LogP contribution in [0.15, 0.2) is 24.3 Å². The number of halogens is 4. The molecule has 7 heteroatoms. The Morgan fingerprint density at radius 1 is 1.00 bits per heavy atom. The van der Waals surface area contributed by atoms with Gasteiger partial charge in [0.2, 0.25) is 0 Å². The van der Waals surface area contributed by atoms with Crippen molar-refractivity contribution in [3.8, 4) is 0 Å². The Bertz CT molecular complexity index is 786. The van der Waals surface area contributed by atoms with Crippen LogP contribution in [0.1, 0.15) is 36.7 Å². The molecule has 1 amide bonds. The number of anilines is 1. The number of carbonyl (C=O) groups is 1. The summed E-state index contributed by atoms with van der Waals surface area (Å²) in [5, 5.41) is 1.37. The van der Waals surface area contributed by atoms with E-state index in [0.717, 1.165) is 5.56 Å². The lowest BCUT2D eigenvalue weighted by Crippen LogP contribution is -2.22. The van der Waals surface area contributed by atoms with E-state index in [0.29, 0.717) is 0 Å². The van der Waals surface area contributed by atoms with Crippen LogP contribution in [0.4, 0.5) is 23.2 Å². The normalized spacial score (nSPS) is 11.5. The monoisotopic (exact) mass is 357 g/mol. The molecule has 0 spiro atoms. The highest BCUT2D eigenvalue weighted by Crippen LogP contribution is 2.26. The molecule has 1 atom stereocenters.